The topological polar surface area (TPSA) is 55.8 Å². The summed E-state index contributed by atoms with van der Waals surface area (Å²) in [5.41, 5.74) is 9.94. The lowest BCUT2D eigenvalue weighted by atomic mass is 9.88. The molecule has 0 N–H and O–H groups in total. The lowest BCUT2D eigenvalue weighted by Crippen LogP contribution is -2.09. The first-order chi connectivity index (χ1) is 25.7. The van der Waals surface area contributed by atoms with Gasteiger partial charge in [0.2, 0.25) is 0 Å². The molecule has 0 saturated heterocycles. The van der Waals surface area contributed by atoms with Gasteiger partial charge in [-0.1, -0.05) is 84.9 Å². The Labute approximate surface area is 300 Å². The third-order valence-corrected chi connectivity index (χ3v) is 10.4. The fourth-order valence-electron chi connectivity index (χ4n) is 8.04. The standard InChI is InChI=1S/C48H28N4/c49-29-31-10-19-37(20-11-31)51(38-21-12-32(30-50)13-22-38)39-23-16-33(17-24-39)40-25-18-34-14-15-35-28-45-48(43-27-26-41(40)46(34)47(35)43)42-8-4-5-9-44(42)52(45)36-6-2-1-3-7-36/h1-28H. The molecule has 4 nitrogen and oxygen atoms in total. The second-order valence-corrected chi connectivity index (χ2v) is 13.2. The number of para-hydroxylation sites is 2. The second kappa shape index (κ2) is 11.6. The first-order valence-corrected chi connectivity index (χ1v) is 17.3. The number of nitrogens with zero attached hydrogens (tertiary/aromatic N) is 4. The third kappa shape index (κ3) is 4.46. The molecule has 0 saturated carbocycles. The van der Waals surface area contributed by atoms with Crippen LogP contribution in [0.3, 0.4) is 0 Å². The Morgan fingerprint density at radius 2 is 0.981 bits per heavy atom. The van der Waals surface area contributed by atoms with E-state index in [1.54, 1.807) is 0 Å². The van der Waals surface area contributed by atoms with E-state index in [1.165, 1.54) is 59.7 Å². The van der Waals surface area contributed by atoms with Crippen molar-refractivity contribution in [2.45, 2.75) is 0 Å². The summed E-state index contributed by atoms with van der Waals surface area (Å²) in [6.07, 6.45) is 0. The molecule has 0 spiro atoms. The van der Waals surface area contributed by atoms with E-state index in [2.05, 4.69) is 143 Å². The molecule has 0 bridgehead atoms. The Kier molecular flexibility index (Phi) is 6.58. The number of hydrogen-bond acceptors (Lipinski definition) is 3. The van der Waals surface area contributed by atoms with Crippen molar-refractivity contribution in [1.29, 1.82) is 10.5 Å². The molecular formula is C48H28N4. The Morgan fingerprint density at radius 1 is 0.423 bits per heavy atom. The summed E-state index contributed by atoms with van der Waals surface area (Å²) in [5.74, 6) is 0. The summed E-state index contributed by atoms with van der Waals surface area (Å²) in [5, 5.41) is 28.9. The van der Waals surface area contributed by atoms with E-state index in [0.29, 0.717) is 11.1 Å². The van der Waals surface area contributed by atoms with Crippen LogP contribution in [-0.4, -0.2) is 4.57 Å². The zero-order valence-corrected chi connectivity index (χ0v) is 28.0. The van der Waals surface area contributed by atoms with Gasteiger partial charge in [0.25, 0.3) is 0 Å². The highest BCUT2D eigenvalue weighted by molar-refractivity contribution is 6.34. The van der Waals surface area contributed by atoms with Crippen LogP contribution >= 0.6 is 0 Å². The molecule has 9 aromatic carbocycles. The first kappa shape index (κ1) is 29.5. The summed E-state index contributed by atoms with van der Waals surface area (Å²) >= 11 is 0. The van der Waals surface area contributed by atoms with Crippen LogP contribution in [0.1, 0.15) is 11.1 Å². The molecule has 4 heteroatoms. The first-order valence-electron chi connectivity index (χ1n) is 17.3. The molecule has 0 aliphatic rings. The van der Waals surface area contributed by atoms with Gasteiger partial charge in [-0.3, -0.25) is 0 Å². The fourth-order valence-corrected chi connectivity index (χ4v) is 8.04. The Hall–Kier alpha value is -7.40. The molecule has 0 fully saturated rings. The number of fused-ring (bicyclic) bond motifs is 4. The van der Waals surface area contributed by atoms with Gasteiger partial charge in [0.15, 0.2) is 0 Å². The van der Waals surface area contributed by atoms with Crippen LogP contribution in [0.25, 0.3) is 70.9 Å². The minimum Gasteiger partial charge on any atom is -0.311 e. The van der Waals surface area contributed by atoms with Crippen LogP contribution < -0.4 is 4.90 Å². The number of benzene rings is 9. The van der Waals surface area contributed by atoms with Crippen molar-refractivity contribution in [2.24, 2.45) is 0 Å². The lowest BCUT2D eigenvalue weighted by Gasteiger charge is -2.26. The molecule has 1 heterocycles. The minimum absolute atomic E-state index is 0.607. The van der Waals surface area contributed by atoms with E-state index in [0.717, 1.165) is 28.3 Å². The number of hydrogen-bond donors (Lipinski definition) is 0. The van der Waals surface area contributed by atoms with Gasteiger partial charge in [-0.2, -0.15) is 10.5 Å². The maximum Gasteiger partial charge on any atom is 0.0991 e. The molecule has 52 heavy (non-hydrogen) atoms. The van der Waals surface area contributed by atoms with Crippen molar-refractivity contribution in [1.82, 2.24) is 4.57 Å². The number of nitriles is 2. The molecule has 0 aliphatic heterocycles. The van der Waals surface area contributed by atoms with Crippen LogP contribution in [0.5, 0.6) is 0 Å². The van der Waals surface area contributed by atoms with E-state index < -0.39 is 0 Å². The van der Waals surface area contributed by atoms with Crippen LogP contribution in [0.4, 0.5) is 17.1 Å². The summed E-state index contributed by atoms with van der Waals surface area (Å²) in [6.45, 7) is 0. The number of rotatable bonds is 5. The van der Waals surface area contributed by atoms with Gasteiger partial charge in [0, 0.05) is 33.5 Å². The van der Waals surface area contributed by atoms with Crippen molar-refractivity contribution >= 4 is 71.2 Å². The highest BCUT2D eigenvalue weighted by Crippen LogP contribution is 2.45. The van der Waals surface area contributed by atoms with Crippen molar-refractivity contribution in [3.63, 3.8) is 0 Å². The van der Waals surface area contributed by atoms with Crippen molar-refractivity contribution in [3.05, 3.63) is 181 Å². The largest absolute Gasteiger partial charge is 0.311 e. The van der Waals surface area contributed by atoms with E-state index in [1.807, 2.05) is 48.5 Å². The predicted octanol–water partition coefficient (Wildman–Crippen LogP) is 12.6. The van der Waals surface area contributed by atoms with Crippen LogP contribution in [0, 0.1) is 22.7 Å². The minimum atomic E-state index is 0.607. The molecule has 240 valence electrons. The SMILES string of the molecule is N#Cc1ccc(N(c2ccc(C#N)cc2)c2ccc(-c3ccc4ccc5cc6c(c7ccc3c4c57)c3ccccc3n6-c3ccccc3)cc2)cc1. The average molecular weight is 661 g/mol. The Bertz CT molecular complexity index is 2990. The second-order valence-electron chi connectivity index (χ2n) is 13.2. The summed E-state index contributed by atoms with van der Waals surface area (Å²) in [6, 6.07) is 63.6. The van der Waals surface area contributed by atoms with Gasteiger partial charge in [0.05, 0.1) is 34.3 Å². The van der Waals surface area contributed by atoms with Crippen molar-refractivity contribution in [3.8, 4) is 29.0 Å². The Morgan fingerprint density at radius 3 is 1.65 bits per heavy atom. The van der Waals surface area contributed by atoms with Crippen LogP contribution in [0.2, 0.25) is 0 Å². The normalized spacial score (nSPS) is 11.4. The van der Waals surface area contributed by atoms with E-state index in [9.17, 15) is 10.5 Å². The van der Waals surface area contributed by atoms with Crippen molar-refractivity contribution < 1.29 is 0 Å². The molecule has 10 rings (SSSR count). The van der Waals surface area contributed by atoms with E-state index in [-0.39, 0.29) is 0 Å². The van der Waals surface area contributed by atoms with Gasteiger partial charge in [-0.05, 0) is 128 Å². The molecule has 0 radical (unpaired) electrons. The number of aromatic nitrogens is 1. The fraction of sp³-hybridized carbons (Fsp3) is 0. The number of anilines is 3. The molecule has 1 aromatic heterocycles. The van der Waals surface area contributed by atoms with E-state index >= 15 is 0 Å². The quantitative estimate of drug-likeness (QED) is 0.173. The summed E-state index contributed by atoms with van der Waals surface area (Å²) in [7, 11) is 0. The van der Waals surface area contributed by atoms with Gasteiger partial charge < -0.3 is 9.47 Å². The predicted molar refractivity (Wildman–Crippen MR) is 214 cm³/mol. The molecule has 0 amide bonds. The monoisotopic (exact) mass is 660 g/mol. The molecular weight excluding hydrogens is 633 g/mol. The zero-order chi connectivity index (χ0) is 34.8. The highest BCUT2D eigenvalue weighted by Gasteiger charge is 2.20. The van der Waals surface area contributed by atoms with Gasteiger partial charge in [0.1, 0.15) is 0 Å². The molecule has 0 atom stereocenters. The van der Waals surface area contributed by atoms with Crippen LogP contribution in [0.15, 0.2) is 170 Å². The summed E-state index contributed by atoms with van der Waals surface area (Å²) in [4.78, 5) is 2.15. The molecule has 0 unspecified atom stereocenters. The lowest BCUT2D eigenvalue weighted by molar-refractivity contribution is 1.18. The average Bonchev–Trinajstić information content (AvgIpc) is 3.55. The maximum atomic E-state index is 9.40. The van der Waals surface area contributed by atoms with Gasteiger partial charge in [-0.15, -0.1) is 0 Å². The smallest absolute Gasteiger partial charge is 0.0991 e. The van der Waals surface area contributed by atoms with Crippen LogP contribution in [-0.2, 0) is 0 Å². The maximum absolute atomic E-state index is 9.40. The third-order valence-electron chi connectivity index (χ3n) is 10.4. The van der Waals surface area contributed by atoms with Gasteiger partial charge >= 0.3 is 0 Å². The zero-order valence-electron chi connectivity index (χ0n) is 28.0. The Balaban J connectivity index is 1.14. The molecule has 10 aromatic rings. The van der Waals surface area contributed by atoms with E-state index in [4.69, 9.17) is 0 Å². The van der Waals surface area contributed by atoms with Gasteiger partial charge in [-0.25, -0.2) is 0 Å². The van der Waals surface area contributed by atoms with Crippen molar-refractivity contribution in [2.75, 3.05) is 4.90 Å². The highest BCUT2D eigenvalue weighted by atomic mass is 15.1. The summed E-state index contributed by atoms with van der Waals surface area (Å²) < 4.78 is 2.39. The molecule has 0 aliphatic carbocycles.